The van der Waals surface area contributed by atoms with Gasteiger partial charge in [-0.1, -0.05) is 41.1 Å². The van der Waals surface area contributed by atoms with Crippen LogP contribution in [0.4, 0.5) is 5.69 Å². The number of carbonyl (C=O) groups excluding carboxylic acids is 3. The van der Waals surface area contributed by atoms with Gasteiger partial charge in [-0.25, -0.2) is 5.43 Å². The Hall–Kier alpha value is -3.20. The minimum Gasteiger partial charge on any atom is -0.483 e. The van der Waals surface area contributed by atoms with Gasteiger partial charge in [0, 0.05) is 21.8 Å². The standard InChI is InChI=1S/C21H23BrN4O4/c1-3-14(2)24-20(28)21(29)26-23-12-15-11-16(22)9-10-18(15)30-13-19(27)25-17-7-5-4-6-8-17/h4-12,14H,3,13H2,1-2H3,(H,24,28)(H,25,27)(H,26,29)/b23-12-/t14-/m1/s1. The van der Waals surface area contributed by atoms with E-state index in [9.17, 15) is 14.4 Å². The third-order valence-corrected chi connectivity index (χ3v) is 4.45. The second-order valence-corrected chi connectivity index (χ2v) is 7.28. The number of amides is 3. The summed E-state index contributed by atoms with van der Waals surface area (Å²) >= 11 is 3.35. The first-order valence-corrected chi connectivity index (χ1v) is 10.1. The molecule has 3 amide bonds. The molecule has 0 radical (unpaired) electrons. The summed E-state index contributed by atoms with van der Waals surface area (Å²) in [7, 11) is 0. The van der Waals surface area contributed by atoms with E-state index in [0.717, 1.165) is 4.47 Å². The maximum absolute atomic E-state index is 12.1. The van der Waals surface area contributed by atoms with Gasteiger partial charge in [-0.2, -0.15) is 5.10 Å². The number of anilines is 1. The fourth-order valence-electron chi connectivity index (χ4n) is 2.22. The zero-order valence-corrected chi connectivity index (χ0v) is 18.2. The van der Waals surface area contributed by atoms with Crippen LogP contribution in [0.2, 0.25) is 0 Å². The largest absolute Gasteiger partial charge is 0.483 e. The molecule has 2 rings (SSSR count). The topological polar surface area (TPSA) is 109 Å². The third kappa shape index (κ3) is 7.67. The van der Waals surface area contributed by atoms with Gasteiger partial charge in [0.2, 0.25) is 0 Å². The fourth-order valence-corrected chi connectivity index (χ4v) is 2.59. The number of nitrogens with zero attached hydrogens (tertiary/aromatic N) is 1. The highest BCUT2D eigenvalue weighted by atomic mass is 79.9. The molecule has 0 aliphatic carbocycles. The lowest BCUT2D eigenvalue weighted by molar-refractivity contribution is -0.139. The number of ether oxygens (including phenoxy) is 1. The van der Waals surface area contributed by atoms with Crippen LogP contribution in [0, 0.1) is 0 Å². The van der Waals surface area contributed by atoms with Gasteiger partial charge in [0.15, 0.2) is 6.61 Å². The van der Waals surface area contributed by atoms with Crippen LogP contribution < -0.4 is 20.8 Å². The number of hydrogen-bond acceptors (Lipinski definition) is 5. The van der Waals surface area contributed by atoms with E-state index in [4.69, 9.17) is 4.74 Å². The SMILES string of the molecule is CC[C@@H](C)NC(=O)C(=O)N/N=C\c1cc(Br)ccc1OCC(=O)Nc1ccccc1. The van der Waals surface area contributed by atoms with Crippen molar-refractivity contribution in [2.75, 3.05) is 11.9 Å². The van der Waals surface area contributed by atoms with E-state index in [1.807, 2.05) is 25.1 Å². The molecule has 30 heavy (non-hydrogen) atoms. The van der Waals surface area contributed by atoms with Crippen LogP contribution in [-0.2, 0) is 14.4 Å². The van der Waals surface area contributed by atoms with Gasteiger partial charge in [-0.15, -0.1) is 0 Å². The zero-order chi connectivity index (χ0) is 21.9. The third-order valence-electron chi connectivity index (χ3n) is 3.95. The molecule has 0 spiro atoms. The van der Waals surface area contributed by atoms with Gasteiger partial charge >= 0.3 is 11.8 Å². The second kappa shape index (κ2) is 11.7. The van der Waals surface area contributed by atoms with Crippen molar-refractivity contribution in [2.24, 2.45) is 5.10 Å². The summed E-state index contributed by atoms with van der Waals surface area (Å²) in [5.41, 5.74) is 3.35. The Kier molecular flexibility index (Phi) is 9.02. The highest BCUT2D eigenvalue weighted by Crippen LogP contribution is 2.22. The first-order chi connectivity index (χ1) is 14.4. The van der Waals surface area contributed by atoms with Crippen molar-refractivity contribution >= 4 is 45.6 Å². The molecule has 0 saturated carbocycles. The monoisotopic (exact) mass is 474 g/mol. The molecule has 2 aromatic rings. The zero-order valence-electron chi connectivity index (χ0n) is 16.6. The smallest absolute Gasteiger partial charge is 0.329 e. The van der Waals surface area contributed by atoms with Gasteiger partial charge in [0.05, 0.1) is 6.21 Å². The quantitative estimate of drug-likeness (QED) is 0.310. The first-order valence-electron chi connectivity index (χ1n) is 9.30. The van der Waals surface area contributed by atoms with Crippen LogP contribution in [0.3, 0.4) is 0 Å². The fraction of sp³-hybridized carbons (Fsp3) is 0.238. The molecule has 0 aliphatic heterocycles. The Labute approximate surface area is 183 Å². The molecule has 0 fully saturated rings. The van der Waals surface area contributed by atoms with Crippen molar-refractivity contribution in [1.29, 1.82) is 0 Å². The lowest BCUT2D eigenvalue weighted by Crippen LogP contribution is -2.41. The molecule has 8 nitrogen and oxygen atoms in total. The van der Waals surface area contributed by atoms with E-state index in [1.165, 1.54) is 6.21 Å². The van der Waals surface area contributed by atoms with Crippen molar-refractivity contribution in [3.8, 4) is 5.75 Å². The van der Waals surface area contributed by atoms with Gasteiger partial charge < -0.3 is 15.4 Å². The highest BCUT2D eigenvalue weighted by molar-refractivity contribution is 9.10. The Morgan fingerprint density at radius 3 is 2.57 bits per heavy atom. The van der Waals surface area contributed by atoms with Crippen molar-refractivity contribution < 1.29 is 19.1 Å². The molecule has 9 heteroatoms. The van der Waals surface area contributed by atoms with E-state index < -0.39 is 11.8 Å². The lowest BCUT2D eigenvalue weighted by Gasteiger charge is -2.11. The molecule has 0 aliphatic rings. The van der Waals surface area contributed by atoms with E-state index in [-0.39, 0.29) is 18.6 Å². The van der Waals surface area contributed by atoms with E-state index in [0.29, 0.717) is 23.4 Å². The summed E-state index contributed by atoms with van der Waals surface area (Å²) in [4.78, 5) is 35.6. The summed E-state index contributed by atoms with van der Waals surface area (Å²) in [6, 6.07) is 14.0. The summed E-state index contributed by atoms with van der Waals surface area (Å²) in [5.74, 6) is -1.55. The normalized spacial score (nSPS) is 11.6. The number of carbonyl (C=O) groups is 3. The Bertz CT molecular complexity index is 918. The number of nitrogens with one attached hydrogen (secondary N) is 3. The summed E-state index contributed by atoms with van der Waals surface area (Å²) in [6.45, 7) is 3.49. The summed E-state index contributed by atoms with van der Waals surface area (Å²) in [6.07, 6.45) is 2.04. The van der Waals surface area contributed by atoms with Crippen molar-refractivity contribution in [3.05, 3.63) is 58.6 Å². The molecule has 0 heterocycles. The molecular formula is C21H23BrN4O4. The molecule has 0 bridgehead atoms. The van der Waals surface area contributed by atoms with E-state index in [1.54, 1.807) is 37.3 Å². The van der Waals surface area contributed by atoms with E-state index >= 15 is 0 Å². The van der Waals surface area contributed by atoms with Crippen LogP contribution in [0.15, 0.2) is 58.1 Å². The number of hydrazone groups is 1. The minimum absolute atomic E-state index is 0.112. The number of hydrogen-bond donors (Lipinski definition) is 3. The van der Waals surface area contributed by atoms with Crippen LogP contribution in [-0.4, -0.2) is 36.6 Å². The highest BCUT2D eigenvalue weighted by Gasteiger charge is 2.14. The second-order valence-electron chi connectivity index (χ2n) is 6.37. The molecule has 3 N–H and O–H groups in total. The Morgan fingerprint density at radius 1 is 1.13 bits per heavy atom. The summed E-state index contributed by atoms with van der Waals surface area (Å²) in [5, 5.41) is 9.08. The lowest BCUT2D eigenvalue weighted by atomic mass is 10.2. The molecule has 2 aromatic carbocycles. The van der Waals surface area contributed by atoms with E-state index in [2.05, 4.69) is 37.1 Å². The predicted molar refractivity (Wildman–Crippen MR) is 118 cm³/mol. The van der Waals surface area contributed by atoms with Crippen LogP contribution >= 0.6 is 15.9 Å². The molecular weight excluding hydrogens is 452 g/mol. The maximum atomic E-state index is 12.1. The average molecular weight is 475 g/mol. The number of benzene rings is 2. The van der Waals surface area contributed by atoms with Gasteiger partial charge in [-0.05, 0) is 43.7 Å². The van der Waals surface area contributed by atoms with Crippen molar-refractivity contribution in [3.63, 3.8) is 0 Å². The van der Waals surface area contributed by atoms with Crippen LogP contribution in [0.1, 0.15) is 25.8 Å². The Morgan fingerprint density at radius 2 is 1.87 bits per heavy atom. The van der Waals surface area contributed by atoms with Gasteiger partial charge in [0.25, 0.3) is 5.91 Å². The average Bonchev–Trinajstić information content (AvgIpc) is 2.73. The van der Waals surface area contributed by atoms with Crippen LogP contribution in [0.25, 0.3) is 0 Å². The molecule has 158 valence electrons. The number of rotatable bonds is 8. The maximum Gasteiger partial charge on any atom is 0.329 e. The Balaban J connectivity index is 1.95. The summed E-state index contributed by atoms with van der Waals surface area (Å²) < 4.78 is 6.34. The van der Waals surface area contributed by atoms with Gasteiger partial charge in [0.1, 0.15) is 5.75 Å². The van der Waals surface area contributed by atoms with Crippen LogP contribution in [0.5, 0.6) is 5.75 Å². The molecule has 0 saturated heterocycles. The number of halogens is 1. The minimum atomic E-state index is -0.869. The predicted octanol–water partition coefficient (Wildman–Crippen LogP) is 2.83. The number of para-hydroxylation sites is 1. The molecule has 0 unspecified atom stereocenters. The van der Waals surface area contributed by atoms with Crippen molar-refractivity contribution in [1.82, 2.24) is 10.7 Å². The van der Waals surface area contributed by atoms with Gasteiger partial charge in [-0.3, -0.25) is 14.4 Å². The molecule has 1 atom stereocenters. The first kappa shape index (κ1) is 23.1. The van der Waals surface area contributed by atoms with Crippen molar-refractivity contribution in [2.45, 2.75) is 26.3 Å². The molecule has 0 aromatic heterocycles.